The number of halogens is 1. The molecule has 0 saturated heterocycles. The first kappa shape index (κ1) is 13.1. The fourth-order valence-electron chi connectivity index (χ4n) is 2.07. The molecule has 0 aliphatic carbocycles. The first-order valence-electron chi connectivity index (χ1n) is 5.98. The third-order valence-electron chi connectivity index (χ3n) is 2.99. The Balaban J connectivity index is 2.05. The average molecular weight is 264 g/mol. The monoisotopic (exact) mass is 263 g/mol. The molecule has 1 aromatic heterocycles. The van der Waals surface area contributed by atoms with E-state index in [4.69, 9.17) is 11.6 Å². The maximum atomic E-state index is 6.23. The van der Waals surface area contributed by atoms with Crippen LogP contribution in [-0.2, 0) is 20.1 Å². The molecule has 0 N–H and O–H groups in total. The number of nitrogens with zero attached hydrogens (tertiary/aromatic N) is 3. The minimum atomic E-state index is 0.729. The van der Waals surface area contributed by atoms with Crippen LogP contribution in [0.2, 0.25) is 5.15 Å². The van der Waals surface area contributed by atoms with Crippen molar-refractivity contribution in [2.75, 3.05) is 7.05 Å². The number of hydrogen-bond acceptors (Lipinski definition) is 2. The van der Waals surface area contributed by atoms with Crippen molar-refractivity contribution in [2.45, 2.75) is 20.0 Å². The van der Waals surface area contributed by atoms with Crippen LogP contribution in [0.5, 0.6) is 0 Å². The maximum Gasteiger partial charge on any atom is 0.131 e. The van der Waals surface area contributed by atoms with E-state index in [1.54, 1.807) is 4.68 Å². The van der Waals surface area contributed by atoms with E-state index in [2.05, 4.69) is 41.3 Å². The number of aromatic nitrogens is 2. The molecule has 0 unspecified atom stereocenters. The molecule has 0 bridgehead atoms. The van der Waals surface area contributed by atoms with Crippen molar-refractivity contribution in [3.8, 4) is 0 Å². The summed E-state index contributed by atoms with van der Waals surface area (Å²) in [6, 6.07) is 10.4. The molecule has 1 heterocycles. The minimum Gasteiger partial charge on any atom is -0.298 e. The Morgan fingerprint density at radius 1 is 1.22 bits per heavy atom. The lowest BCUT2D eigenvalue weighted by molar-refractivity contribution is 0.318. The summed E-state index contributed by atoms with van der Waals surface area (Å²) in [4.78, 5) is 2.24. The molecule has 18 heavy (non-hydrogen) atoms. The number of benzene rings is 1. The number of hydrogen-bond donors (Lipinski definition) is 0. The van der Waals surface area contributed by atoms with Crippen LogP contribution in [0, 0.1) is 6.92 Å². The van der Waals surface area contributed by atoms with Gasteiger partial charge in [-0.3, -0.25) is 9.58 Å². The molecule has 0 fully saturated rings. The summed E-state index contributed by atoms with van der Waals surface area (Å²) in [5, 5.41) is 5.06. The van der Waals surface area contributed by atoms with Gasteiger partial charge in [0.15, 0.2) is 0 Å². The first-order chi connectivity index (χ1) is 8.58. The van der Waals surface area contributed by atoms with Gasteiger partial charge in [-0.25, -0.2) is 0 Å². The normalized spacial score (nSPS) is 11.2. The molecule has 0 atom stereocenters. The molecular formula is C14H18ClN3. The Hall–Kier alpha value is -1.32. The van der Waals surface area contributed by atoms with Gasteiger partial charge in [0.1, 0.15) is 5.15 Å². The van der Waals surface area contributed by atoms with Gasteiger partial charge in [0, 0.05) is 25.7 Å². The second kappa shape index (κ2) is 5.55. The smallest absolute Gasteiger partial charge is 0.131 e. The summed E-state index contributed by atoms with van der Waals surface area (Å²) < 4.78 is 1.72. The molecule has 4 heteroatoms. The second-order valence-electron chi connectivity index (χ2n) is 4.64. The molecule has 0 spiro atoms. The van der Waals surface area contributed by atoms with Gasteiger partial charge in [-0.05, 0) is 19.5 Å². The third-order valence-corrected chi connectivity index (χ3v) is 3.47. The zero-order valence-corrected chi connectivity index (χ0v) is 11.8. The van der Waals surface area contributed by atoms with Crippen LogP contribution in [-0.4, -0.2) is 21.7 Å². The van der Waals surface area contributed by atoms with Crippen molar-refractivity contribution in [3.05, 3.63) is 52.3 Å². The van der Waals surface area contributed by atoms with Crippen molar-refractivity contribution in [3.63, 3.8) is 0 Å². The molecule has 3 nitrogen and oxygen atoms in total. The molecular weight excluding hydrogens is 246 g/mol. The van der Waals surface area contributed by atoms with Crippen LogP contribution in [0.4, 0.5) is 0 Å². The molecule has 2 aromatic rings. The Morgan fingerprint density at radius 2 is 1.89 bits per heavy atom. The third kappa shape index (κ3) is 2.92. The highest BCUT2D eigenvalue weighted by atomic mass is 35.5. The second-order valence-corrected chi connectivity index (χ2v) is 4.99. The molecule has 0 aliphatic rings. The van der Waals surface area contributed by atoms with E-state index in [1.165, 1.54) is 5.56 Å². The van der Waals surface area contributed by atoms with Gasteiger partial charge in [-0.1, -0.05) is 41.9 Å². The summed E-state index contributed by atoms with van der Waals surface area (Å²) in [5.74, 6) is 0. The topological polar surface area (TPSA) is 21.1 Å². The zero-order chi connectivity index (χ0) is 13.1. The van der Waals surface area contributed by atoms with Gasteiger partial charge in [0.2, 0.25) is 0 Å². The molecule has 0 radical (unpaired) electrons. The standard InChI is InChI=1S/C14H18ClN3/c1-11-13(14(15)18(3)16-11)10-17(2)9-12-7-5-4-6-8-12/h4-8H,9-10H2,1-3H3. The van der Waals surface area contributed by atoms with Gasteiger partial charge in [-0.15, -0.1) is 0 Å². The molecule has 2 rings (SSSR count). The summed E-state index contributed by atoms with van der Waals surface area (Å²) in [5.41, 5.74) is 3.41. The zero-order valence-electron chi connectivity index (χ0n) is 11.0. The van der Waals surface area contributed by atoms with Crippen LogP contribution in [0.15, 0.2) is 30.3 Å². The number of aryl methyl sites for hydroxylation is 2. The highest BCUT2D eigenvalue weighted by Crippen LogP contribution is 2.20. The number of rotatable bonds is 4. The van der Waals surface area contributed by atoms with Crippen LogP contribution in [0.3, 0.4) is 0 Å². The predicted octanol–water partition coefficient (Wildman–Crippen LogP) is 3.01. The fourth-order valence-corrected chi connectivity index (χ4v) is 2.31. The van der Waals surface area contributed by atoms with E-state index in [0.717, 1.165) is 29.5 Å². The maximum absolute atomic E-state index is 6.23. The van der Waals surface area contributed by atoms with Crippen molar-refractivity contribution in [1.29, 1.82) is 0 Å². The fraction of sp³-hybridized carbons (Fsp3) is 0.357. The van der Waals surface area contributed by atoms with Gasteiger partial charge in [0.05, 0.1) is 5.69 Å². The molecule has 0 saturated carbocycles. The summed E-state index contributed by atoms with van der Waals surface area (Å²) in [6.07, 6.45) is 0. The van der Waals surface area contributed by atoms with Crippen LogP contribution in [0.25, 0.3) is 0 Å². The Kier molecular flexibility index (Phi) is 4.04. The van der Waals surface area contributed by atoms with Crippen LogP contribution < -0.4 is 0 Å². The highest BCUT2D eigenvalue weighted by Gasteiger charge is 2.13. The van der Waals surface area contributed by atoms with Crippen molar-refractivity contribution in [1.82, 2.24) is 14.7 Å². The van der Waals surface area contributed by atoms with Crippen molar-refractivity contribution < 1.29 is 0 Å². The van der Waals surface area contributed by atoms with E-state index < -0.39 is 0 Å². The SMILES string of the molecule is Cc1nn(C)c(Cl)c1CN(C)Cc1ccccc1. The van der Waals surface area contributed by atoms with E-state index in [9.17, 15) is 0 Å². The summed E-state index contributed by atoms with van der Waals surface area (Å²) in [6.45, 7) is 3.72. The van der Waals surface area contributed by atoms with Gasteiger partial charge in [-0.2, -0.15) is 5.10 Å². The van der Waals surface area contributed by atoms with Crippen LogP contribution >= 0.6 is 11.6 Å². The van der Waals surface area contributed by atoms with E-state index >= 15 is 0 Å². The van der Waals surface area contributed by atoms with Crippen LogP contribution in [0.1, 0.15) is 16.8 Å². The van der Waals surface area contributed by atoms with Crippen molar-refractivity contribution in [2.24, 2.45) is 7.05 Å². The lowest BCUT2D eigenvalue weighted by atomic mass is 10.2. The van der Waals surface area contributed by atoms with Crippen molar-refractivity contribution >= 4 is 11.6 Å². The summed E-state index contributed by atoms with van der Waals surface area (Å²) in [7, 11) is 3.96. The van der Waals surface area contributed by atoms with Gasteiger partial charge >= 0.3 is 0 Å². The van der Waals surface area contributed by atoms with E-state index in [1.807, 2.05) is 20.0 Å². The molecule has 0 amide bonds. The molecule has 0 aliphatic heterocycles. The molecule has 1 aromatic carbocycles. The quantitative estimate of drug-likeness (QED) is 0.846. The van der Waals surface area contributed by atoms with E-state index in [0.29, 0.717) is 0 Å². The highest BCUT2D eigenvalue weighted by molar-refractivity contribution is 6.30. The van der Waals surface area contributed by atoms with Gasteiger partial charge in [0.25, 0.3) is 0 Å². The summed E-state index contributed by atoms with van der Waals surface area (Å²) >= 11 is 6.23. The molecule has 96 valence electrons. The largest absolute Gasteiger partial charge is 0.298 e. The lowest BCUT2D eigenvalue weighted by Gasteiger charge is -2.16. The Labute approximate surface area is 113 Å². The van der Waals surface area contributed by atoms with Gasteiger partial charge < -0.3 is 0 Å². The lowest BCUT2D eigenvalue weighted by Crippen LogP contribution is -2.17. The minimum absolute atomic E-state index is 0.729. The predicted molar refractivity (Wildman–Crippen MR) is 74.6 cm³/mol. The average Bonchev–Trinajstić information content (AvgIpc) is 2.57. The first-order valence-corrected chi connectivity index (χ1v) is 6.36. The Bertz CT molecular complexity index is 519. The Morgan fingerprint density at radius 3 is 2.44 bits per heavy atom. The van der Waals surface area contributed by atoms with E-state index in [-0.39, 0.29) is 0 Å².